The van der Waals surface area contributed by atoms with Gasteiger partial charge in [-0.15, -0.1) is 0 Å². The van der Waals surface area contributed by atoms with Crippen LogP contribution in [0.15, 0.2) is 18.2 Å². The number of nitrogens with zero attached hydrogens (tertiary/aromatic N) is 1. The summed E-state index contributed by atoms with van der Waals surface area (Å²) in [4.78, 5) is 2.55. The molecule has 0 radical (unpaired) electrons. The number of fused-ring (bicyclic) bond motifs is 1. The molecule has 110 valence electrons. The van der Waals surface area contributed by atoms with Crippen LogP contribution in [-0.4, -0.2) is 37.4 Å². The lowest BCUT2D eigenvalue weighted by Crippen LogP contribution is -2.37. The minimum absolute atomic E-state index is 0.352. The molecule has 0 amide bonds. The molecule has 2 heterocycles. The van der Waals surface area contributed by atoms with E-state index >= 15 is 0 Å². The van der Waals surface area contributed by atoms with Crippen LogP contribution in [0.5, 0.6) is 11.5 Å². The van der Waals surface area contributed by atoms with E-state index in [0.29, 0.717) is 12.8 Å². The minimum atomic E-state index is 0.352. The molecule has 1 N–H and O–H groups in total. The van der Waals surface area contributed by atoms with Crippen LogP contribution in [0.25, 0.3) is 0 Å². The fourth-order valence-corrected chi connectivity index (χ4v) is 3.06. The Morgan fingerprint density at radius 1 is 1.30 bits per heavy atom. The summed E-state index contributed by atoms with van der Waals surface area (Å²) in [5.41, 5.74) is 1.31. The monoisotopic (exact) mass is 276 g/mol. The molecular formula is C16H24N2O2. The van der Waals surface area contributed by atoms with Crippen LogP contribution in [0.1, 0.15) is 31.7 Å². The topological polar surface area (TPSA) is 33.7 Å². The maximum absolute atomic E-state index is 5.46. The second kappa shape index (κ2) is 6.46. The fourth-order valence-electron chi connectivity index (χ4n) is 3.06. The Bertz CT molecular complexity index is 450. The van der Waals surface area contributed by atoms with Gasteiger partial charge in [0, 0.05) is 19.1 Å². The maximum Gasteiger partial charge on any atom is 0.231 e. The van der Waals surface area contributed by atoms with E-state index < -0.39 is 0 Å². The Hall–Kier alpha value is -1.26. The molecule has 1 aromatic rings. The molecular weight excluding hydrogens is 252 g/mol. The van der Waals surface area contributed by atoms with Gasteiger partial charge in [0.15, 0.2) is 11.5 Å². The lowest BCUT2D eigenvalue weighted by molar-refractivity contribution is 0.174. The van der Waals surface area contributed by atoms with Crippen molar-refractivity contribution < 1.29 is 9.47 Å². The van der Waals surface area contributed by atoms with Crippen molar-refractivity contribution in [2.45, 2.75) is 38.8 Å². The molecule has 1 fully saturated rings. The molecule has 0 aromatic heterocycles. The van der Waals surface area contributed by atoms with E-state index in [1.54, 1.807) is 0 Å². The van der Waals surface area contributed by atoms with Gasteiger partial charge in [-0.3, -0.25) is 4.90 Å². The standard InChI is InChI=1S/C16H24N2O2/c1-2-4-14-11-18(8-3-7-17-14)10-13-5-6-15-16(9-13)20-12-19-15/h5-6,9,14,17H,2-4,7-8,10-12H2,1H3. The van der Waals surface area contributed by atoms with Crippen LogP contribution in [0.3, 0.4) is 0 Å². The number of hydrogen-bond acceptors (Lipinski definition) is 4. The summed E-state index contributed by atoms with van der Waals surface area (Å²) in [5.74, 6) is 1.76. The number of hydrogen-bond donors (Lipinski definition) is 1. The first-order valence-electron chi connectivity index (χ1n) is 7.69. The number of ether oxygens (including phenoxy) is 2. The molecule has 20 heavy (non-hydrogen) atoms. The van der Waals surface area contributed by atoms with Crippen LogP contribution in [0, 0.1) is 0 Å². The average Bonchev–Trinajstić information content (AvgIpc) is 2.80. The molecule has 2 aliphatic heterocycles. The van der Waals surface area contributed by atoms with E-state index in [9.17, 15) is 0 Å². The summed E-state index contributed by atoms with van der Waals surface area (Å²) in [6.45, 7) is 7.06. The first-order chi connectivity index (χ1) is 9.85. The van der Waals surface area contributed by atoms with Crippen molar-refractivity contribution in [3.63, 3.8) is 0 Å². The molecule has 4 nitrogen and oxygen atoms in total. The lowest BCUT2D eigenvalue weighted by Gasteiger charge is -2.24. The predicted octanol–water partition coefficient (Wildman–Crippen LogP) is 2.38. The third-order valence-corrected chi connectivity index (χ3v) is 4.04. The third kappa shape index (κ3) is 3.25. The highest BCUT2D eigenvalue weighted by molar-refractivity contribution is 5.44. The molecule has 0 spiro atoms. The molecule has 0 saturated carbocycles. The van der Waals surface area contributed by atoms with E-state index in [4.69, 9.17) is 9.47 Å². The number of benzene rings is 1. The molecule has 0 bridgehead atoms. The van der Waals surface area contributed by atoms with E-state index in [-0.39, 0.29) is 0 Å². The van der Waals surface area contributed by atoms with Gasteiger partial charge in [0.2, 0.25) is 6.79 Å². The third-order valence-electron chi connectivity index (χ3n) is 4.04. The van der Waals surface area contributed by atoms with Crippen LogP contribution >= 0.6 is 0 Å². The zero-order chi connectivity index (χ0) is 13.8. The van der Waals surface area contributed by atoms with E-state index in [0.717, 1.165) is 31.1 Å². The Morgan fingerprint density at radius 3 is 3.10 bits per heavy atom. The Labute approximate surface area is 121 Å². The highest BCUT2D eigenvalue weighted by Gasteiger charge is 2.18. The molecule has 1 aromatic carbocycles. The van der Waals surface area contributed by atoms with Crippen LogP contribution in [0.4, 0.5) is 0 Å². The van der Waals surface area contributed by atoms with Gasteiger partial charge in [-0.1, -0.05) is 19.4 Å². The van der Waals surface area contributed by atoms with Crippen molar-refractivity contribution in [3.05, 3.63) is 23.8 Å². The smallest absolute Gasteiger partial charge is 0.231 e. The van der Waals surface area contributed by atoms with Crippen molar-refractivity contribution in [1.82, 2.24) is 10.2 Å². The van der Waals surface area contributed by atoms with Gasteiger partial charge >= 0.3 is 0 Å². The van der Waals surface area contributed by atoms with Gasteiger partial charge < -0.3 is 14.8 Å². The normalized spacial score (nSPS) is 22.8. The average molecular weight is 276 g/mol. The van der Waals surface area contributed by atoms with Crippen LogP contribution in [0.2, 0.25) is 0 Å². The van der Waals surface area contributed by atoms with Crippen molar-refractivity contribution in [1.29, 1.82) is 0 Å². The van der Waals surface area contributed by atoms with Crippen molar-refractivity contribution >= 4 is 0 Å². The maximum atomic E-state index is 5.46. The van der Waals surface area contributed by atoms with E-state index in [1.807, 2.05) is 6.07 Å². The second-order valence-electron chi connectivity index (χ2n) is 5.72. The largest absolute Gasteiger partial charge is 0.454 e. The lowest BCUT2D eigenvalue weighted by atomic mass is 10.1. The molecule has 4 heteroatoms. The Morgan fingerprint density at radius 2 is 2.20 bits per heavy atom. The summed E-state index contributed by atoms with van der Waals surface area (Å²) in [6, 6.07) is 6.93. The zero-order valence-corrected chi connectivity index (χ0v) is 12.2. The molecule has 1 unspecified atom stereocenters. The van der Waals surface area contributed by atoms with Gasteiger partial charge in [-0.25, -0.2) is 0 Å². The molecule has 0 aliphatic carbocycles. The summed E-state index contributed by atoms with van der Waals surface area (Å²) in [5, 5.41) is 3.65. The highest BCUT2D eigenvalue weighted by Crippen LogP contribution is 2.32. The van der Waals surface area contributed by atoms with Crippen molar-refractivity contribution in [2.24, 2.45) is 0 Å². The van der Waals surface area contributed by atoms with Gasteiger partial charge in [0.1, 0.15) is 0 Å². The van der Waals surface area contributed by atoms with Gasteiger partial charge in [0.05, 0.1) is 0 Å². The van der Waals surface area contributed by atoms with Crippen molar-refractivity contribution in [3.8, 4) is 11.5 Å². The second-order valence-corrected chi connectivity index (χ2v) is 5.72. The Kier molecular flexibility index (Phi) is 4.43. The fraction of sp³-hybridized carbons (Fsp3) is 0.625. The van der Waals surface area contributed by atoms with Gasteiger partial charge in [-0.05, 0) is 43.6 Å². The Balaban J connectivity index is 1.63. The predicted molar refractivity (Wildman–Crippen MR) is 79.2 cm³/mol. The minimum Gasteiger partial charge on any atom is -0.454 e. The van der Waals surface area contributed by atoms with Crippen LogP contribution < -0.4 is 14.8 Å². The quantitative estimate of drug-likeness (QED) is 0.915. The summed E-state index contributed by atoms with van der Waals surface area (Å²) in [7, 11) is 0. The SMILES string of the molecule is CCCC1CN(Cc2ccc3c(c2)OCO3)CCCN1. The summed E-state index contributed by atoms with van der Waals surface area (Å²) >= 11 is 0. The van der Waals surface area contributed by atoms with E-state index in [2.05, 4.69) is 29.3 Å². The molecule has 3 rings (SSSR count). The van der Waals surface area contributed by atoms with Crippen molar-refractivity contribution in [2.75, 3.05) is 26.4 Å². The molecule has 2 aliphatic rings. The first-order valence-corrected chi connectivity index (χ1v) is 7.69. The molecule has 1 saturated heterocycles. The zero-order valence-electron chi connectivity index (χ0n) is 12.2. The summed E-state index contributed by atoms with van der Waals surface area (Å²) < 4.78 is 10.8. The van der Waals surface area contributed by atoms with E-state index in [1.165, 1.54) is 31.4 Å². The first kappa shape index (κ1) is 13.7. The van der Waals surface area contributed by atoms with Gasteiger partial charge in [0.25, 0.3) is 0 Å². The van der Waals surface area contributed by atoms with Crippen LogP contribution in [-0.2, 0) is 6.54 Å². The van der Waals surface area contributed by atoms with Gasteiger partial charge in [-0.2, -0.15) is 0 Å². The highest BCUT2D eigenvalue weighted by atomic mass is 16.7. The molecule has 1 atom stereocenters. The number of rotatable bonds is 4. The summed E-state index contributed by atoms with van der Waals surface area (Å²) in [6.07, 6.45) is 3.73. The number of nitrogens with one attached hydrogen (secondary N) is 1.